The third kappa shape index (κ3) is 3.65. The molecule has 3 fully saturated rings. The highest BCUT2D eigenvalue weighted by molar-refractivity contribution is 6.23. The van der Waals surface area contributed by atoms with Crippen LogP contribution in [0.2, 0.25) is 0 Å². The van der Waals surface area contributed by atoms with Crippen molar-refractivity contribution >= 4 is 17.5 Å². The standard InChI is InChI=1S/C26H24F3N3O4/c1-24-13-31(12-15-5-4-6-18(9-15)35-3)14-25(2,36-24)21-20(24)22(33)32(23(21)34)17-8-7-16(11-30)19(10-17)26(27,28)29/h4-10,20-21H,12-14H2,1-3H3. The van der Waals surface area contributed by atoms with E-state index >= 15 is 0 Å². The number of anilines is 1. The SMILES string of the molecule is COc1cccc(CN2CC3(C)OC(C)(C2)C2C(=O)N(c4ccc(C#N)c(C(F)(F)F)c4)C(=O)C23)c1. The minimum atomic E-state index is -4.80. The Morgan fingerprint density at radius 2 is 1.72 bits per heavy atom. The summed E-state index contributed by atoms with van der Waals surface area (Å²) in [6.07, 6.45) is -4.80. The van der Waals surface area contributed by atoms with E-state index in [0.717, 1.165) is 22.3 Å². The molecule has 2 amide bonds. The van der Waals surface area contributed by atoms with Gasteiger partial charge in [-0.15, -0.1) is 0 Å². The molecule has 3 aliphatic rings. The predicted octanol–water partition coefficient (Wildman–Crippen LogP) is 3.75. The summed E-state index contributed by atoms with van der Waals surface area (Å²) in [6, 6.07) is 12.0. The zero-order valence-corrected chi connectivity index (χ0v) is 19.9. The summed E-state index contributed by atoms with van der Waals surface area (Å²) < 4.78 is 52.2. The number of likely N-dealkylation sites (tertiary alicyclic amines) is 1. The molecule has 0 N–H and O–H groups in total. The largest absolute Gasteiger partial charge is 0.497 e. The van der Waals surface area contributed by atoms with Gasteiger partial charge >= 0.3 is 6.18 Å². The summed E-state index contributed by atoms with van der Waals surface area (Å²) in [4.78, 5) is 30.2. The molecule has 2 bridgehead atoms. The Kier molecular flexibility index (Phi) is 5.43. The first-order valence-electron chi connectivity index (χ1n) is 11.4. The van der Waals surface area contributed by atoms with Crippen molar-refractivity contribution in [1.29, 1.82) is 5.26 Å². The van der Waals surface area contributed by atoms with Gasteiger partial charge in [-0.25, -0.2) is 4.90 Å². The van der Waals surface area contributed by atoms with E-state index in [0.29, 0.717) is 25.7 Å². The first-order valence-corrected chi connectivity index (χ1v) is 11.4. The quantitative estimate of drug-likeness (QED) is 0.596. The highest BCUT2D eigenvalue weighted by Crippen LogP contribution is 2.55. The van der Waals surface area contributed by atoms with Crippen LogP contribution in [0.3, 0.4) is 0 Å². The summed E-state index contributed by atoms with van der Waals surface area (Å²) in [7, 11) is 1.59. The van der Waals surface area contributed by atoms with Crippen LogP contribution in [0.5, 0.6) is 5.75 Å². The van der Waals surface area contributed by atoms with E-state index in [1.807, 2.05) is 24.3 Å². The Morgan fingerprint density at radius 3 is 2.28 bits per heavy atom. The maximum Gasteiger partial charge on any atom is 0.417 e. The molecule has 0 radical (unpaired) electrons. The Balaban J connectivity index is 1.47. The minimum Gasteiger partial charge on any atom is -0.497 e. The molecule has 10 heteroatoms. The number of hydrogen-bond donors (Lipinski definition) is 0. The van der Waals surface area contributed by atoms with E-state index in [1.165, 1.54) is 12.1 Å². The molecule has 0 aliphatic carbocycles. The topological polar surface area (TPSA) is 82.9 Å². The number of amides is 2. The van der Waals surface area contributed by atoms with Crippen LogP contribution in [0.4, 0.5) is 18.9 Å². The van der Waals surface area contributed by atoms with Crippen LogP contribution in [0.25, 0.3) is 0 Å². The molecule has 0 saturated carbocycles. The van der Waals surface area contributed by atoms with Crippen LogP contribution in [-0.2, 0) is 27.0 Å². The second kappa shape index (κ2) is 8.05. The van der Waals surface area contributed by atoms with Gasteiger partial charge in [0.1, 0.15) is 5.75 Å². The smallest absolute Gasteiger partial charge is 0.417 e. The fourth-order valence-electron chi connectivity index (χ4n) is 6.16. The molecular weight excluding hydrogens is 475 g/mol. The van der Waals surface area contributed by atoms with Gasteiger partial charge in [-0.05, 0) is 49.7 Å². The fraction of sp³-hybridized carbons (Fsp3) is 0.423. The van der Waals surface area contributed by atoms with Crippen molar-refractivity contribution < 1.29 is 32.2 Å². The van der Waals surface area contributed by atoms with Gasteiger partial charge < -0.3 is 9.47 Å². The Morgan fingerprint density at radius 1 is 1.08 bits per heavy atom. The van der Waals surface area contributed by atoms with E-state index in [1.54, 1.807) is 21.0 Å². The van der Waals surface area contributed by atoms with Crippen LogP contribution < -0.4 is 9.64 Å². The van der Waals surface area contributed by atoms with Gasteiger partial charge in [0.05, 0.1) is 53.0 Å². The van der Waals surface area contributed by atoms with Crippen molar-refractivity contribution in [3.05, 3.63) is 59.2 Å². The number of imide groups is 1. The zero-order chi connectivity index (χ0) is 26.0. The first-order chi connectivity index (χ1) is 16.9. The maximum absolute atomic E-state index is 13.6. The van der Waals surface area contributed by atoms with Gasteiger partial charge in [0, 0.05) is 19.6 Å². The number of morpholine rings is 1. The maximum atomic E-state index is 13.6. The Hall–Kier alpha value is -3.42. The van der Waals surface area contributed by atoms with E-state index in [4.69, 9.17) is 14.7 Å². The number of alkyl halides is 3. The molecule has 4 atom stereocenters. The molecule has 0 spiro atoms. The molecular formula is C26H24F3N3O4. The van der Waals surface area contributed by atoms with Crippen molar-refractivity contribution in [1.82, 2.24) is 4.90 Å². The average molecular weight is 499 g/mol. The van der Waals surface area contributed by atoms with E-state index in [-0.39, 0.29) is 5.69 Å². The zero-order valence-electron chi connectivity index (χ0n) is 19.9. The molecule has 7 nitrogen and oxygen atoms in total. The lowest BCUT2D eigenvalue weighted by Crippen LogP contribution is -2.57. The summed E-state index contributed by atoms with van der Waals surface area (Å²) in [5.41, 5.74) is -2.94. The molecule has 2 aromatic rings. The predicted molar refractivity (Wildman–Crippen MR) is 122 cm³/mol. The van der Waals surface area contributed by atoms with Gasteiger partial charge in [0.2, 0.25) is 11.8 Å². The number of methoxy groups -OCH3 is 1. The number of nitriles is 1. The van der Waals surface area contributed by atoms with Gasteiger partial charge in [-0.2, -0.15) is 18.4 Å². The monoisotopic (exact) mass is 499 g/mol. The molecule has 3 heterocycles. The number of rotatable bonds is 4. The van der Waals surface area contributed by atoms with Crippen molar-refractivity contribution in [2.45, 2.75) is 37.8 Å². The molecule has 5 rings (SSSR count). The summed E-state index contributed by atoms with van der Waals surface area (Å²) >= 11 is 0. The van der Waals surface area contributed by atoms with E-state index in [2.05, 4.69) is 4.90 Å². The number of ether oxygens (including phenoxy) is 2. The summed E-state index contributed by atoms with van der Waals surface area (Å²) in [5.74, 6) is -2.13. The number of fused-ring (bicyclic) bond motifs is 5. The normalized spacial score (nSPS) is 29.9. The number of hydrogen-bond acceptors (Lipinski definition) is 6. The lowest BCUT2D eigenvalue weighted by molar-refractivity contribution is -0.170. The molecule has 3 aliphatic heterocycles. The number of nitrogens with zero attached hydrogens (tertiary/aromatic N) is 3. The molecule has 4 unspecified atom stereocenters. The van der Waals surface area contributed by atoms with Gasteiger partial charge in [0.25, 0.3) is 0 Å². The lowest BCUT2D eigenvalue weighted by atomic mass is 9.79. The highest BCUT2D eigenvalue weighted by atomic mass is 19.4. The van der Waals surface area contributed by atoms with Crippen LogP contribution in [0.1, 0.15) is 30.5 Å². The van der Waals surface area contributed by atoms with Gasteiger partial charge in [0.15, 0.2) is 0 Å². The average Bonchev–Trinajstić information content (AvgIpc) is 3.18. The van der Waals surface area contributed by atoms with Crippen LogP contribution in [-0.4, -0.2) is 48.1 Å². The highest BCUT2D eigenvalue weighted by Gasteiger charge is 2.71. The summed E-state index contributed by atoms with van der Waals surface area (Å²) in [6.45, 7) is 4.86. The van der Waals surface area contributed by atoms with Crippen molar-refractivity contribution in [3.63, 3.8) is 0 Å². The van der Waals surface area contributed by atoms with Crippen molar-refractivity contribution in [2.75, 3.05) is 25.1 Å². The number of carbonyl (C=O) groups is 2. The minimum absolute atomic E-state index is 0.191. The third-order valence-corrected chi connectivity index (χ3v) is 7.39. The fourth-order valence-corrected chi connectivity index (χ4v) is 6.16. The molecule has 0 aromatic heterocycles. The second-order valence-corrected chi connectivity index (χ2v) is 10.0. The Bertz CT molecular complexity index is 1270. The molecule has 36 heavy (non-hydrogen) atoms. The Labute approximate surface area is 206 Å². The van der Waals surface area contributed by atoms with Crippen molar-refractivity contribution in [2.24, 2.45) is 11.8 Å². The second-order valence-electron chi connectivity index (χ2n) is 10.0. The van der Waals surface area contributed by atoms with Crippen LogP contribution in [0.15, 0.2) is 42.5 Å². The summed E-state index contributed by atoms with van der Waals surface area (Å²) in [5, 5.41) is 9.08. The van der Waals surface area contributed by atoms with E-state index in [9.17, 15) is 22.8 Å². The van der Waals surface area contributed by atoms with Crippen LogP contribution >= 0.6 is 0 Å². The molecule has 188 valence electrons. The number of benzene rings is 2. The first kappa shape index (κ1) is 24.3. The van der Waals surface area contributed by atoms with Crippen LogP contribution in [0, 0.1) is 23.2 Å². The molecule has 2 aromatic carbocycles. The van der Waals surface area contributed by atoms with Crippen molar-refractivity contribution in [3.8, 4) is 11.8 Å². The van der Waals surface area contributed by atoms with E-state index < -0.39 is 52.2 Å². The van der Waals surface area contributed by atoms with Gasteiger partial charge in [-0.3, -0.25) is 14.5 Å². The lowest BCUT2D eigenvalue weighted by Gasteiger charge is -2.45. The third-order valence-electron chi connectivity index (χ3n) is 7.39. The molecule has 3 saturated heterocycles. The number of halogens is 3. The number of carbonyl (C=O) groups excluding carboxylic acids is 2. The van der Waals surface area contributed by atoms with Gasteiger partial charge in [-0.1, -0.05) is 12.1 Å².